The van der Waals surface area contributed by atoms with Crippen LogP contribution in [0.3, 0.4) is 0 Å². The number of phenolic OH excluding ortho intramolecular Hbond substituents is 1. The first-order valence-electron chi connectivity index (χ1n) is 11.0. The molecule has 0 atom stereocenters. The Hall–Kier alpha value is -3.36. The molecule has 8 heteroatoms. The van der Waals surface area contributed by atoms with Crippen molar-refractivity contribution in [3.63, 3.8) is 0 Å². The van der Waals surface area contributed by atoms with Gasteiger partial charge in [0.1, 0.15) is 23.1 Å². The molecule has 5 rings (SSSR count). The average Bonchev–Trinajstić information content (AvgIpc) is 3.17. The van der Waals surface area contributed by atoms with Crippen LogP contribution in [0.15, 0.2) is 65.0 Å². The molecule has 1 aromatic heterocycles. The summed E-state index contributed by atoms with van der Waals surface area (Å²) in [4.78, 5) is 22.0. The summed E-state index contributed by atoms with van der Waals surface area (Å²) >= 11 is 3.46. The molecule has 0 amide bonds. The second-order valence-corrected chi connectivity index (χ2v) is 9.13. The fourth-order valence-corrected chi connectivity index (χ4v) is 4.69. The molecule has 34 heavy (non-hydrogen) atoms. The van der Waals surface area contributed by atoms with Crippen molar-refractivity contribution in [2.24, 2.45) is 0 Å². The van der Waals surface area contributed by atoms with Crippen molar-refractivity contribution in [3.8, 4) is 17.2 Å². The Kier molecular flexibility index (Phi) is 6.26. The van der Waals surface area contributed by atoms with Crippen LogP contribution in [0, 0.1) is 0 Å². The summed E-state index contributed by atoms with van der Waals surface area (Å²) < 4.78 is 12.3. The van der Waals surface area contributed by atoms with E-state index >= 15 is 0 Å². The molecule has 3 aromatic rings. The molecule has 1 fully saturated rings. The quantitative estimate of drug-likeness (QED) is 0.495. The van der Waals surface area contributed by atoms with Gasteiger partial charge in [0.25, 0.3) is 0 Å². The highest BCUT2D eigenvalue weighted by Gasteiger charge is 2.32. The number of carbonyl (C=O) groups is 1. The molecule has 0 unspecified atom stereocenters. The van der Waals surface area contributed by atoms with Gasteiger partial charge in [0.2, 0.25) is 5.78 Å². The molecule has 2 aliphatic heterocycles. The number of carbonyl (C=O) groups excluding carboxylic acids is 1. The van der Waals surface area contributed by atoms with Crippen LogP contribution in [-0.4, -0.2) is 54.1 Å². The molecule has 0 bridgehead atoms. The monoisotopic (exact) mass is 521 g/mol. The molecule has 0 saturated carbocycles. The number of halogens is 1. The number of allylic oxidation sites excluding steroid dienone is 1. The van der Waals surface area contributed by atoms with Crippen LogP contribution in [0.4, 0.5) is 5.82 Å². The number of aromatic hydroxyl groups is 1. The van der Waals surface area contributed by atoms with Crippen LogP contribution in [-0.2, 0) is 6.54 Å². The zero-order valence-corrected chi connectivity index (χ0v) is 20.3. The number of methoxy groups -OCH3 is 1. The second kappa shape index (κ2) is 9.48. The highest BCUT2D eigenvalue weighted by Crippen LogP contribution is 2.41. The normalized spacial score (nSPS) is 17.1. The maximum Gasteiger partial charge on any atom is 0.231 e. The number of aromatic nitrogens is 1. The summed E-state index contributed by atoms with van der Waals surface area (Å²) in [6.45, 7) is 3.78. The molecule has 2 aromatic carbocycles. The molecular weight excluding hydrogens is 498 g/mol. The predicted molar refractivity (Wildman–Crippen MR) is 133 cm³/mol. The highest BCUT2D eigenvalue weighted by atomic mass is 79.9. The van der Waals surface area contributed by atoms with Crippen molar-refractivity contribution in [2.45, 2.75) is 6.54 Å². The highest BCUT2D eigenvalue weighted by molar-refractivity contribution is 9.10. The number of ether oxygens (including phenoxy) is 2. The van der Waals surface area contributed by atoms with E-state index in [4.69, 9.17) is 9.47 Å². The fourth-order valence-electron chi connectivity index (χ4n) is 4.31. The van der Waals surface area contributed by atoms with E-state index in [-0.39, 0.29) is 17.3 Å². The molecule has 174 valence electrons. The molecule has 0 aliphatic carbocycles. The first-order chi connectivity index (χ1) is 16.5. The minimum Gasteiger partial charge on any atom is -0.507 e. The molecule has 3 heterocycles. The van der Waals surface area contributed by atoms with E-state index in [1.54, 1.807) is 31.5 Å². The Morgan fingerprint density at radius 2 is 1.97 bits per heavy atom. The number of nitrogens with zero attached hydrogens (tertiary/aromatic N) is 3. The van der Waals surface area contributed by atoms with Gasteiger partial charge in [-0.05, 0) is 48.5 Å². The Morgan fingerprint density at radius 1 is 1.15 bits per heavy atom. The van der Waals surface area contributed by atoms with Crippen LogP contribution in [0.2, 0.25) is 0 Å². The number of ketones is 1. The summed E-state index contributed by atoms with van der Waals surface area (Å²) in [5, 5.41) is 10.6. The standard InChI is InChI=1S/C26H24BrN3O4/c1-33-22-8-5-18(27)14-17(22)15-23-25(32)19-6-7-21(31)20(26(19)34-23)16-29-10-12-30(13-11-29)24-4-2-3-9-28-24/h2-9,14-15,31H,10-13,16H2,1H3/b23-15-. The minimum absolute atomic E-state index is 0.125. The van der Waals surface area contributed by atoms with Gasteiger partial charge < -0.3 is 19.5 Å². The number of benzene rings is 2. The maximum absolute atomic E-state index is 13.1. The van der Waals surface area contributed by atoms with Crippen LogP contribution < -0.4 is 14.4 Å². The SMILES string of the molecule is COc1ccc(Br)cc1/C=C1\Oc2c(ccc(O)c2CN2CCN(c3ccccn3)CC2)C1=O. The van der Waals surface area contributed by atoms with Crippen molar-refractivity contribution >= 4 is 33.6 Å². The zero-order chi connectivity index (χ0) is 23.7. The van der Waals surface area contributed by atoms with E-state index in [9.17, 15) is 9.90 Å². The third kappa shape index (κ3) is 4.38. The summed E-state index contributed by atoms with van der Waals surface area (Å²) in [5.74, 6) is 2.16. The van der Waals surface area contributed by atoms with E-state index in [0.717, 1.165) is 42.0 Å². The maximum atomic E-state index is 13.1. The summed E-state index contributed by atoms with van der Waals surface area (Å²) in [6.07, 6.45) is 3.48. The van der Waals surface area contributed by atoms with Crippen molar-refractivity contribution in [2.75, 3.05) is 38.2 Å². The Balaban J connectivity index is 1.36. The van der Waals surface area contributed by atoms with E-state index in [1.165, 1.54) is 0 Å². The van der Waals surface area contributed by atoms with Gasteiger partial charge in [0.05, 0.1) is 18.2 Å². The molecular formula is C26H24BrN3O4. The molecule has 1 saturated heterocycles. The van der Waals surface area contributed by atoms with Crippen LogP contribution in [0.1, 0.15) is 21.5 Å². The fraction of sp³-hybridized carbons (Fsp3) is 0.231. The first-order valence-corrected chi connectivity index (χ1v) is 11.8. The van der Waals surface area contributed by atoms with Gasteiger partial charge in [-0.15, -0.1) is 0 Å². The lowest BCUT2D eigenvalue weighted by Crippen LogP contribution is -2.46. The molecule has 1 N–H and O–H groups in total. The minimum atomic E-state index is -0.210. The van der Waals surface area contributed by atoms with E-state index in [2.05, 4.69) is 30.7 Å². The Morgan fingerprint density at radius 3 is 2.71 bits per heavy atom. The Bertz CT molecular complexity index is 1250. The number of hydrogen-bond acceptors (Lipinski definition) is 7. The molecule has 7 nitrogen and oxygen atoms in total. The van der Waals surface area contributed by atoms with Gasteiger partial charge >= 0.3 is 0 Å². The van der Waals surface area contributed by atoms with Crippen LogP contribution >= 0.6 is 15.9 Å². The number of Topliss-reactive ketones (excluding diaryl/α,β-unsaturated/α-hetero) is 1. The van der Waals surface area contributed by atoms with Crippen molar-refractivity contribution in [3.05, 3.63) is 81.7 Å². The number of rotatable bonds is 5. The lowest BCUT2D eigenvalue weighted by Gasteiger charge is -2.35. The number of anilines is 1. The number of pyridine rings is 1. The van der Waals surface area contributed by atoms with Crippen LogP contribution in [0.5, 0.6) is 17.2 Å². The summed E-state index contributed by atoms with van der Waals surface area (Å²) in [5.41, 5.74) is 1.81. The number of phenols is 1. The zero-order valence-electron chi connectivity index (χ0n) is 18.7. The first kappa shape index (κ1) is 22.4. The van der Waals surface area contributed by atoms with E-state index < -0.39 is 0 Å². The van der Waals surface area contributed by atoms with E-state index in [0.29, 0.717) is 29.2 Å². The second-order valence-electron chi connectivity index (χ2n) is 8.22. The largest absolute Gasteiger partial charge is 0.507 e. The lowest BCUT2D eigenvalue weighted by molar-refractivity contribution is 0.101. The predicted octanol–water partition coefficient (Wildman–Crippen LogP) is 4.50. The third-order valence-electron chi connectivity index (χ3n) is 6.12. The van der Waals surface area contributed by atoms with Crippen molar-refractivity contribution in [1.29, 1.82) is 0 Å². The van der Waals surface area contributed by atoms with Gasteiger partial charge in [-0.25, -0.2) is 4.98 Å². The number of piperazine rings is 1. The van der Waals surface area contributed by atoms with Crippen molar-refractivity contribution in [1.82, 2.24) is 9.88 Å². The molecule has 2 aliphatic rings. The molecule has 0 spiro atoms. The summed E-state index contributed by atoms with van der Waals surface area (Å²) in [6, 6.07) is 14.7. The van der Waals surface area contributed by atoms with Crippen molar-refractivity contribution < 1.29 is 19.4 Å². The average molecular weight is 522 g/mol. The lowest BCUT2D eigenvalue weighted by atomic mass is 10.0. The number of hydrogen-bond donors (Lipinski definition) is 1. The van der Waals surface area contributed by atoms with Gasteiger partial charge in [0, 0.05) is 49.0 Å². The van der Waals surface area contributed by atoms with Gasteiger partial charge in [-0.1, -0.05) is 22.0 Å². The van der Waals surface area contributed by atoms with Gasteiger partial charge in [0.15, 0.2) is 5.76 Å². The summed E-state index contributed by atoms with van der Waals surface area (Å²) in [7, 11) is 1.58. The smallest absolute Gasteiger partial charge is 0.231 e. The number of fused-ring (bicyclic) bond motifs is 1. The van der Waals surface area contributed by atoms with Gasteiger partial charge in [-0.2, -0.15) is 0 Å². The third-order valence-corrected chi connectivity index (χ3v) is 6.62. The molecule has 0 radical (unpaired) electrons. The van der Waals surface area contributed by atoms with E-state index in [1.807, 2.05) is 36.4 Å². The van der Waals surface area contributed by atoms with Gasteiger partial charge in [-0.3, -0.25) is 9.69 Å². The Labute approximate surface area is 206 Å². The topological polar surface area (TPSA) is 75.1 Å². The van der Waals surface area contributed by atoms with Crippen LogP contribution in [0.25, 0.3) is 6.08 Å².